The van der Waals surface area contributed by atoms with Gasteiger partial charge in [0.1, 0.15) is 0 Å². The lowest BCUT2D eigenvalue weighted by Gasteiger charge is -2.08. The van der Waals surface area contributed by atoms with Crippen molar-refractivity contribution in [3.8, 4) is 0 Å². The van der Waals surface area contributed by atoms with Crippen LogP contribution in [0.3, 0.4) is 0 Å². The van der Waals surface area contributed by atoms with E-state index in [0.29, 0.717) is 0 Å². The van der Waals surface area contributed by atoms with Crippen molar-refractivity contribution in [2.45, 2.75) is 6.04 Å². The zero-order valence-electron chi connectivity index (χ0n) is 10.2. The summed E-state index contributed by atoms with van der Waals surface area (Å²) in [7, 11) is 2.04. The van der Waals surface area contributed by atoms with Gasteiger partial charge in [0.2, 0.25) is 0 Å². The summed E-state index contributed by atoms with van der Waals surface area (Å²) < 4.78 is 2.14. The van der Waals surface area contributed by atoms with Crippen LogP contribution in [0.2, 0.25) is 0 Å². The van der Waals surface area contributed by atoms with Crippen LogP contribution >= 0.6 is 0 Å². The molecule has 0 spiro atoms. The maximum Gasteiger partial charge on any atom is 0.0624 e. The Kier molecular flexibility index (Phi) is 2.54. The van der Waals surface area contributed by atoms with E-state index in [1.165, 1.54) is 0 Å². The van der Waals surface area contributed by atoms with Crippen molar-refractivity contribution in [2.24, 2.45) is 12.8 Å². The average Bonchev–Trinajstić information content (AvgIpc) is 2.72. The lowest BCUT2D eigenvalue weighted by Crippen LogP contribution is -2.14. The Morgan fingerprint density at radius 3 is 2.83 bits per heavy atom. The number of nitrogens with two attached hydrogens (primary N) is 1. The summed E-state index contributed by atoms with van der Waals surface area (Å²) in [5.41, 5.74) is 9.10. The minimum Gasteiger partial charge on any atom is -0.394 e. The normalized spacial score (nSPS) is 13.3. The topological polar surface area (TPSA) is 64.1 Å². The maximum atomic E-state index is 9.14. The monoisotopic (exact) mass is 241 g/mol. The van der Waals surface area contributed by atoms with Crippen molar-refractivity contribution in [2.75, 3.05) is 6.61 Å². The summed E-state index contributed by atoms with van der Waals surface area (Å²) in [5.74, 6) is 0. The maximum absolute atomic E-state index is 9.14. The van der Waals surface area contributed by atoms with Crippen LogP contribution in [0.25, 0.3) is 21.8 Å². The van der Waals surface area contributed by atoms with Gasteiger partial charge in [-0.3, -0.25) is 4.98 Å². The van der Waals surface area contributed by atoms with E-state index in [0.717, 1.165) is 27.4 Å². The first-order chi connectivity index (χ1) is 8.72. The Morgan fingerprint density at radius 2 is 2.06 bits per heavy atom. The van der Waals surface area contributed by atoms with Gasteiger partial charge in [0.25, 0.3) is 0 Å². The molecule has 0 amide bonds. The number of aliphatic hydroxyl groups excluding tert-OH is 1. The fraction of sp³-hybridized carbons (Fsp3) is 0.214. The van der Waals surface area contributed by atoms with Crippen molar-refractivity contribution >= 4 is 21.8 Å². The molecule has 0 aliphatic carbocycles. The minimum atomic E-state index is -0.332. The van der Waals surface area contributed by atoms with E-state index in [9.17, 15) is 0 Å². The highest BCUT2D eigenvalue weighted by molar-refractivity contribution is 6.07. The van der Waals surface area contributed by atoms with Crippen LogP contribution in [0.4, 0.5) is 0 Å². The molecule has 1 atom stereocenters. The number of aromatic nitrogens is 2. The lowest BCUT2D eigenvalue weighted by atomic mass is 10.1. The van der Waals surface area contributed by atoms with E-state index >= 15 is 0 Å². The third kappa shape index (κ3) is 1.50. The Morgan fingerprint density at radius 1 is 1.28 bits per heavy atom. The summed E-state index contributed by atoms with van der Waals surface area (Å²) in [6, 6.07) is 7.72. The molecule has 0 saturated carbocycles. The highest BCUT2D eigenvalue weighted by atomic mass is 16.3. The summed E-state index contributed by atoms with van der Waals surface area (Å²) in [5, 5.41) is 11.4. The molecule has 3 rings (SSSR count). The van der Waals surface area contributed by atoms with Crippen LogP contribution in [0.15, 0.2) is 36.7 Å². The summed E-state index contributed by atoms with van der Waals surface area (Å²) in [6.07, 6.45) is 3.66. The standard InChI is InChI=1S/C14H15N3O/c1-17-13-3-2-9(12(15)8-18)6-10(13)11-7-16-5-4-14(11)17/h2-7,12,18H,8,15H2,1H3. The quantitative estimate of drug-likeness (QED) is 0.718. The Labute approximate surface area is 105 Å². The van der Waals surface area contributed by atoms with E-state index < -0.39 is 0 Å². The minimum absolute atomic E-state index is 0.0471. The summed E-state index contributed by atoms with van der Waals surface area (Å²) >= 11 is 0. The van der Waals surface area contributed by atoms with Crippen molar-refractivity contribution in [3.05, 3.63) is 42.2 Å². The van der Waals surface area contributed by atoms with Gasteiger partial charge in [-0.1, -0.05) is 6.07 Å². The van der Waals surface area contributed by atoms with Crippen molar-refractivity contribution < 1.29 is 5.11 Å². The number of aliphatic hydroxyl groups is 1. The van der Waals surface area contributed by atoms with E-state index in [2.05, 4.69) is 9.55 Å². The SMILES string of the molecule is Cn1c2ccncc2c2cc(C(N)CO)ccc21. The number of aryl methyl sites for hydroxylation is 1. The second-order valence-corrected chi connectivity index (χ2v) is 4.52. The van der Waals surface area contributed by atoms with Crippen LogP contribution in [0.5, 0.6) is 0 Å². The van der Waals surface area contributed by atoms with Crippen LogP contribution in [-0.4, -0.2) is 21.3 Å². The average molecular weight is 241 g/mol. The molecular weight excluding hydrogens is 226 g/mol. The van der Waals surface area contributed by atoms with Crippen molar-refractivity contribution in [1.82, 2.24) is 9.55 Å². The van der Waals surface area contributed by atoms with E-state index in [1.54, 1.807) is 6.20 Å². The van der Waals surface area contributed by atoms with Crippen molar-refractivity contribution in [1.29, 1.82) is 0 Å². The molecule has 4 nitrogen and oxygen atoms in total. The highest BCUT2D eigenvalue weighted by Gasteiger charge is 2.11. The van der Waals surface area contributed by atoms with E-state index in [4.69, 9.17) is 10.8 Å². The first-order valence-corrected chi connectivity index (χ1v) is 5.91. The molecule has 1 unspecified atom stereocenters. The van der Waals surface area contributed by atoms with Crippen molar-refractivity contribution in [3.63, 3.8) is 0 Å². The third-order valence-electron chi connectivity index (χ3n) is 3.46. The van der Waals surface area contributed by atoms with Gasteiger partial charge in [0.05, 0.1) is 18.2 Å². The molecule has 2 heterocycles. The highest BCUT2D eigenvalue weighted by Crippen LogP contribution is 2.29. The second-order valence-electron chi connectivity index (χ2n) is 4.52. The molecule has 0 aliphatic heterocycles. The fourth-order valence-electron chi connectivity index (χ4n) is 2.41. The van der Waals surface area contributed by atoms with Crippen LogP contribution in [0.1, 0.15) is 11.6 Å². The number of benzene rings is 1. The zero-order chi connectivity index (χ0) is 12.7. The van der Waals surface area contributed by atoms with Crippen LogP contribution < -0.4 is 5.73 Å². The molecule has 0 radical (unpaired) electrons. The number of hydrogen-bond acceptors (Lipinski definition) is 3. The van der Waals surface area contributed by atoms with Crippen LogP contribution in [-0.2, 0) is 7.05 Å². The molecule has 92 valence electrons. The van der Waals surface area contributed by atoms with Gasteiger partial charge >= 0.3 is 0 Å². The predicted molar refractivity (Wildman–Crippen MR) is 72.2 cm³/mol. The molecule has 0 aliphatic rings. The molecule has 0 bridgehead atoms. The molecule has 1 aromatic carbocycles. The summed E-state index contributed by atoms with van der Waals surface area (Å²) in [4.78, 5) is 4.18. The van der Waals surface area contributed by atoms with Gasteiger partial charge in [-0.2, -0.15) is 0 Å². The molecule has 4 heteroatoms. The van der Waals surface area contributed by atoms with Gasteiger partial charge < -0.3 is 15.4 Å². The Balaban J connectivity index is 2.36. The third-order valence-corrected chi connectivity index (χ3v) is 3.46. The summed E-state index contributed by atoms with van der Waals surface area (Å²) in [6.45, 7) is -0.0471. The predicted octanol–water partition coefficient (Wildman–Crippen LogP) is 1.72. The lowest BCUT2D eigenvalue weighted by molar-refractivity contribution is 0.268. The molecule has 3 aromatic rings. The van der Waals surface area contributed by atoms with Gasteiger partial charge in [-0.05, 0) is 23.8 Å². The second kappa shape index (κ2) is 4.08. The number of rotatable bonds is 2. The van der Waals surface area contributed by atoms with Gasteiger partial charge in [0, 0.05) is 35.7 Å². The molecule has 0 fully saturated rings. The smallest absolute Gasteiger partial charge is 0.0624 e. The number of nitrogens with zero attached hydrogens (tertiary/aromatic N) is 2. The largest absolute Gasteiger partial charge is 0.394 e. The fourth-order valence-corrected chi connectivity index (χ4v) is 2.41. The molecule has 18 heavy (non-hydrogen) atoms. The molecular formula is C14H15N3O. The van der Waals surface area contributed by atoms with Gasteiger partial charge in [0.15, 0.2) is 0 Å². The number of pyridine rings is 1. The first kappa shape index (κ1) is 11.2. The van der Waals surface area contributed by atoms with E-state index in [-0.39, 0.29) is 12.6 Å². The van der Waals surface area contributed by atoms with E-state index in [1.807, 2.05) is 37.5 Å². The first-order valence-electron chi connectivity index (χ1n) is 5.91. The van der Waals surface area contributed by atoms with Gasteiger partial charge in [-0.25, -0.2) is 0 Å². The Hall–Kier alpha value is -1.91. The molecule has 2 aromatic heterocycles. The molecule has 3 N–H and O–H groups in total. The zero-order valence-corrected chi connectivity index (χ0v) is 10.2. The Bertz CT molecular complexity index is 717. The van der Waals surface area contributed by atoms with Crippen LogP contribution in [0, 0.1) is 0 Å². The number of fused-ring (bicyclic) bond motifs is 3. The van der Waals surface area contributed by atoms with Gasteiger partial charge in [-0.15, -0.1) is 0 Å². The molecule has 0 saturated heterocycles. The number of hydrogen-bond donors (Lipinski definition) is 2.